The molecule has 2 rings (SSSR count). The van der Waals surface area contributed by atoms with Crippen LogP contribution in [0.4, 0.5) is 4.79 Å². The molecule has 0 saturated heterocycles. The molecule has 20 heavy (non-hydrogen) atoms. The number of amides is 2. The molecule has 0 spiro atoms. The molecule has 0 fully saturated rings. The fraction of sp³-hybridized carbons (Fsp3) is 0.462. The fourth-order valence-electron chi connectivity index (χ4n) is 1.77. The standard InChI is InChI=1S/C13H20N6O/c1-10-6-12-16-8-11(9-19(12)17-10)7-14-4-5-15-13(20)18(2)3/h6,8-9,14H,4-5,7H2,1-3H3,(H,15,20). The monoisotopic (exact) mass is 276 g/mol. The van der Waals surface area contributed by atoms with Gasteiger partial charge in [0.2, 0.25) is 0 Å². The minimum atomic E-state index is -0.0816. The van der Waals surface area contributed by atoms with Crippen molar-refractivity contribution in [3.8, 4) is 0 Å². The quantitative estimate of drug-likeness (QED) is 0.775. The van der Waals surface area contributed by atoms with E-state index in [9.17, 15) is 4.79 Å². The summed E-state index contributed by atoms with van der Waals surface area (Å²) >= 11 is 0. The Morgan fingerprint density at radius 1 is 1.40 bits per heavy atom. The Balaban J connectivity index is 1.77. The first-order chi connectivity index (χ1) is 9.56. The molecule has 0 aliphatic carbocycles. The van der Waals surface area contributed by atoms with Crippen LogP contribution in [0.25, 0.3) is 5.65 Å². The number of hydrogen-bond donors (Lipinski definition) is 2. The van der Waals surface area contributed by atoms with Crippen molar-refractivity contribution in [2.24, 2.45) is 0 Å². The van der Waals surface area contributed by atoms with Crippen LogP contribution in [-0.4, -0.2) is 52.7 Å². The van der Waals surface area contributed by atoms with Crippen molar-refractivity contribution in [1.82, 2.24) is 30.1 Å². The molecule has 0 aromatic carbocycles. The minimum absolute atomic E-state index is 0.0816. The number of carbonyl (C=O) groups excluding carboxylic acids is 1. The van der Waals surface area contributed by atoms with Gasteiger partial charge in [-0.05, 0) is 6.92 Å². The highest BCUT2D eigenvalue weighted by Crippen LogP contribution is 2.04. The van der Waals surface area contributed by atoms with E-state index in [1.807, 2.05) is 25.4 Å². The zero-order valence-corrected chi connectivity index (χ0v) is 12.1. The second-order valence-electron chi connectivity index (χ2n) is 4.85. The van der Waals surface area contributed by atoms with Crippen molar-refractivity contribution in [1.29, 1.82) is 0 Å². The zero-order valence-electron chi connectivity index (χ0n) is 12.1. The van der Waals surface area contributed by atoms with Crippen LogP contribution in [0.1, 0.15) is 11.3 Å². The van der Waals surface area contributed by atoms with E-state index in [2.05, 4.69) is 20.7 Å². The number of nitrogens with one attached hydrogen (secondary N) is 2. The number of hydrogen-bond acceptors (Lipinski definition) is 4. The van der Waals surface area contributed by atoms with Gasteiger partial charge in [-0.2, -0.15) is 5.10 Å². The Morgan fingerprint density at radius 3 is 2.95 bits per heavy atom. The molecular formula is C13H20N6O. The van der Waals surface area contributed by atoms with E-state index in [0.717, 1.165) is 16.9 Å². The first-order valence-electron chi connectivity index (χ1n) is 6.53. The molecule has 7 nitrogen and oxygen atoms in total. The molecule has 0 bridgehead atoms. The third kappa shape index (κ3) is 3.67. The number of urea groups is 1. The van der Waals surface area contributed by atoms with Gasteiger partial charge in [-0.3, -0.25) is 0 Å². The van der Waals surface area contributed by atoms with Gasteiger partial charge in [0.05, 0.1) is 5.69 Å². The highest BCUT2D eigenvalue weighted by molar-refractivity contribution is 5.73. The molecule has 0 saturated carbocycles. The number of nitrogens with zero attached hydrogens (tertiary/aromatic N) is 4. The third-order valence-electron chi connectivity index (χ3n) is 2.80. The van der Waals surface area contributed by atoms with Gasteiger partial charge in [0.15, 0.2) is 5.65 Å². The minimum Gasteiger partial charge on any atom is -0.337 e. The van der Waals surface area contributed by atoms with Crippen molar-refractivity contribution in [2.45, 2.75) is 13.5 Å². The van der Waals surface area contributed by atoms with Gasteiger partial charge in [0.25, 0.3) is 0 Å². The van der Waals surface area contributed by atoms with Gasteiger partial charge < -0.3 is 15.5 Å². The Morgan fingerprint density at radius 2 is 2.20 bits per heavy atom. The van der Waals surface area contributed by atoms with Crippen molar-refractivity contribution < 1.29 is 4.79 Å². The molecule has 0 radical (unpaired) electrons. The van der Waals surface area contributed by atoms with Crippen LogP contribution in [0.15, 0.2) is 18.5 Å². The number of rotatable bonds is 5. The molecule has 2 amide bonds. The van der Waals surface area contributed by atoms with Crippen LogP contribution in [-0.2, 0) is 6.54 Å². The number of aryl methyl sites for hydroxylation is 1. The predicted octanol–water partition coefficient (Wildman–Crippen LogP) is 0.399. The maximum Gasteiger partial charge on any atom is 0.316 e. The van der Waals surface area contributed by atoms with E-state index in [0.29, 0.717) is 19.6 Å². The van der Waals surface area contributed by atoms with E-state index in [1.165, 1.54) is 4.90 Å². The fourth-order valence-corrected chi connectivity index (χ4v) is 1.77. The molecule has 0 unspecified atom stereocenters. The predicted molar refractivity (Wildman–Crippen MR) is 76.5 cm³/mol. The molecule has 2 aromatic rings. The van der Waals surface area contributed by atoms with Gasteiger partial charge in [-0.15, -0.1) is 0 Å². The van der Waals surface area contributed by atoms with Gasteiger partial charge in [0, 0.05) is 57.8 Å². The lowest BCUT2D eigenvalue weighted by atomic mass is 10.3. The summed E-state index contributed by atoms with van der Waals surface area (Å²) in [5.41, 5.74) is 2.86. The van der Waals surface area contributed by atoms with E-state index in [1.54, 1.807) is 18.6 Å². The average molecular weight is 276 g/mol. The van der Waals surface area contributed by atoms with E-state index in [4.69, 9.17) is 0 Å². The topological polar surface area (TPSA) is 74.6 Å². The lowest BCUT2D eigenvalue weighted by Crippen LogP contribution is -2.38. The van der Waals surface area contributed by atoms with E-state index >= 15 is 0 Å². The average Bonchev–Trinajstić information content (AvgIpc) is 2.77. The van der Waals surface area contributed by atoms with Crippen molar-refractivity contribution in [2.75, 3.05) is 27.2 Å². The first kappa shape index (κ1) is 14.3. The summed E-state index contributed by atoms with van der Waals surface area (Å²) < 4.78 is 1.78. The van der Waals surface area contributed by atoms with Gasteiger partial charge in [-0.25, -0.2) is 14.3 Å². The summed E-state index contributed by atoms with van der Waals surface area (Å²) in [7, 11) is 3.44. The Hall–Kier alpha value is -2.15. The highest BCUT2D eigenvalue weighted by Gasteiger charge is 2.02. The summed E-state index contributed by atoms with van der Waals surface area (Å²) in [4.78, 5) is 17.1. The molecule has 2 heterocycles. The lowest BCUT2D eigenvalue weighted by molar-refractivity contribution is 0.217. The Kier molecular flexibility index (Phi) is 4.52. The van der Waals surface area contributed by atoms with E-state index < -0.39 is 0 Å². The van der Waals surface area contributed by atoms with Crippen molar-refractivity contribution in [3.05, 3.63) is 29.7 Å². The van der Waals surface area contributed by atoms with E-state index in [-0.39, 0.29) is 6.03 Å². The van der Waals surface area contributed by atoms with Gasteiger partial charge in [-0.1, -0.05) is 0 Å². The normalized spacial score (nSPS) is 10.8. The van der Waals surface area contributed by atoms with Crippen LogP contribution >= 0.6 is 0 Å². The maximum absolute atomic E-state index is 11.3. The summed E-state index contributed by atoms with van der Waals surface area (Å²) in [6.07, 6.45) is 3.79. The zero-order chi connectivity index (χ0) is 14.5. The number of aromatic nitrogens is 3. The molecule has 0 aliphatic heterocycles. The molecule has 0 aliphatic rings. The molecule has 2 N–H and O–H groups in total. The smallest absolute Gasteiger partial charge is 0.316 e. The van der Waals surface area contributed by atoms with Gasteiger partial charge >= 0.3 is 6.03 Å². The highest BCUT2D eigenvalue weighted by atomic mass is 16.2. The molecule has 0 atom stereocenters. The Bertz CT molecular complexity index is 592. The van der Waals surface area contributed by atoms with Crippen LogP contribution in [0.3, 0.4) is 0 Å². The lowest BCUT2D eigenvalue weighted by Gasteiger charge is -2.12. The van der Waals surface area contributed by atoms with Crippen LogP contribution < -0.4 is 10.6 Å². The number of fused-ring (bicyclic) bond motifs is 1. The summed E-state index contributed by atoms with van der Waals surface area (Å²) in [6, 6.07) is 1.86. The SMILES string of the molecule is Cc1cc2ncc(CNCCNC(=O)N(C)C)cn2n1. The first-order valence-corrected chi connectivity index (χ1v) is 6.53. The largest absolute Gasteiger partial charge is 0.337 e. The Labute approximate surface area is 118 Å². The summed E-state index contributed by atoms with van der Waals surface area (Å²) in [5, 5.41) is 10.4. The molecule has 2 aromatic heterocycles. The second-order valence-corrected chi connectivity index (χ2v) is 4.85. The molecule has 7 heteroatoms. The van der Waals surface area contributed by atoms with Crippen molar-refractivity contribution >= 4 is 11.7 Å². The van der Waals surface area contributed by atoms with Crippen LogP contribution in [0.2, 0.25) is 0 Å². The maximum atomic E-state index is 11.3. The van der Waals surface area contributed by atoms with Crippen LogP contribution in [0.5, 0.6) is 0 Å². The molecule has 108 valence electrons. The summed E-state index contributed by atoms with van der Waals surface area (Å²) in [5.74, 6) is 0. The second kappa shape index (κ2) is 6.33. The summed E-state index contributed by atoms with van der Waals surface area (Å²) in [6.45, 7) is 3.93. The van der Waals surface area contributed by atoms with Crippen LogP contribution in [0, 0.1) is 6.92 Å². The third-order valence-corrected chi connectivity index (χ3v) is 2.80. The number of carbonyl (C=O) groups is 1. The molecular weight excluding hydrogens is 256 g/mol. The van der Waals surface area contributed by atoms with Gasteiger partial charge in [0.1, 0.15) is 0 Å². The van der Waals surface area contributed by atoms with Crippen molar-refractivity contribution in [3.63, 3.8) is 0 Å².